The van der Waals surface area contributed by atoms with Gasteiger partial charge in [-0.1, -0.05) is 36.4 Å². The zero-order valence-electron chi connectivity index (χ0n) is 15.4. The predicted octanol–water partition coefficient (Wildman–Crippen LogP) is 3.34. The van der Waals surface area contributed by atoms with E-state index in [9.17, 15) is 0 Å². The molecule has 3 heteroatoms. The summed E-state index contributed by atoms with van der Waals surface area (Å²) in [7, 11) is 0. The van der Waals surface area contributed by atoms with Crippen molar-refractivity contribution in [3.8, 4) is 5.75 Å². The third-order valence-electron chi connectivity index (χ3n) is 6.35. The molecular weight excluding hydrogens is 320 g/mol. The standard InChI is InChI=1S/C23H28N2O/c1-2-5-19-14-22(13-18(19)4-1)25-10-3-6-21(16-25)24-15-17-7-8-23-20(12-17)9-11-26-23/h1-2,4-5,7-8,12,21-22,24H,3,6,9-11,13-16H2. The van der Waals surface area contributed by atoms with Gasteiger partial charge in [-0.25, -0.2) is 0 Å². The first-order valence-electron chi connectivity index (χ1n) is 10.1. The van der Waals surface area contributed by atoms with Crippen LogP contribution in [0.2, 0.25) is 0 Å². The number of piperidine rings is 1. The smallest absolute Gasteiger partial charge is 0.122 e. The summed E-state index contributed by atoms with van der Waals surface area (Å²) in [5.41, 5.74) is 5.89. The highest BCUT2D eigenvalue weighted by Crippen LogP contribution is 2.28. The number of rotatable bonds is 4. The van der Waals surface area contributed by atoms with E-state index < -0.39 is 0 Å². The summed E-state index contributed by atoms with van der Waals surface area (Å²) in [5.74, 6) is 1.08. The zero-order chi connectivity index (χ0) is 17.3. The van der Waals surface area contributed by atoms with Crippen molar-refractivity contribution in [1.82, 2.24) is 10.2 Å². The topological polar surface area (TPSA) is 24.5 Å². The van der Waals surface area contributed by atoms with Gasteiger partial charge in [0.05, 0.1) is 6.61 Å². The van der Waals surface area contributed by atoms with Crippen LogP contribution in [0.3, 0.4) is 0 Å². The number of benzene rings is 2. The third kappa shape index (κ3) is 3.26. The lowest BCUT2D eigenvalue weighted by Gasteiger charge is -2.37. The van der Waals surface area contributed by atoms with Crippen LogP contribution in [-0.4, -0.2) is 36.7 Å². The largest absolute Gasteiger partial charge is 0.493 e. The quantitative estimate of drug-likeness (QED) is 0.917. The van der Waals surface area contributed by atoms with E-state index in [0.29, 0.717) is 12.1 Å². The molecule has 26 heavy (non-hydrogen) atoms. The maximum atomic E-state index is 5.62. The molecule has 1 atom stereocenters. The number of fused-ring (bicyclic) bond motifs is 2. The van der Waals surface area contributed by atoms with Crippen LogP contribution in [0, 0.1) is 0 Å². The van der Waals surface area contributed by atoms with Crippen molar-refractivity contribution >= 4 is 0 Å². The van der Waals surface area contributed by atoms with Gasteiger partial charge in [0.25, 0.3) is 0 Å². The number of nitrogens with zero attached hydrogens (tertiary/aromatic N) is 1. The van der Waals surface area contributed by atoms with E-state index in [1.54, 1.807) is 11.1 Å². The lowest BCUT2D eigenvalue weighted by Crippen LogP contribution is -2.49. The SMILES string of the molecule is c1ccc2c(c1)CC(N1CCCC(NCc3ccc4c(c3)CCO4)C1)C2. The molecule has 0 amide bonds. The molecule has 1 aliphatic carbocycles. The summed E-state index contributed by atoms with van der Waals surface area (Å²) in [6.45, 7) is 4.25. The molecule has 0 spiro atoms. The van der Waals surface area contributed by atoms with Crippen molar-refractivity contribution < 1.29 is 4.74 Å². The summed E-state index contributed by atoms with van der Waals surface area (Å²) in [4.78, 5) is 2.73. The molecule has 0 radical (unpaired) electrons. The van der Waals surface area contributed by atoms with Gasteiger partial charge >= 0.3 is 0 Å². The van der Waals surface area contributed by atoms with E-state index in [1.807, 2.05) is 0 Å². The number of hydrogen-bond acceptors (Lipinski definition) is 3. The minimum Gasteiger partial charge on any atom is -0.493 e. The molecule has 0 saturated carbocycles. The summed E-state index contributed by atoms with van der Waals surface area (Å²) < 4.78 is 5.62. The van der Waals surface area contributed by atoms with Gasteiger partial charge in [0.15, 0.2) is 0 Å². The van der Waals surface area contributed by atoms with Gasteiger partial charge in [-0.15, -0.1) is 0 Å². The second-order valence-electron chi connectivity index (χ2n) is 8.09. The van der Waals surface area contributed by atoms with E-state index in [4.69, 9.17) is 4.74 Å². The van der Waals surface area contributed by atoms with Crippen LogP contribution < -0.4 is 10.1 Å². The Balaban J connectivity index is 1.18. The second kappa shape index (κ2) is 7.05. The molecule has 2 aliphatic heterocycles. The fourth-order valence-electron chi connectivity index (χ4n) is 4.91. The summed E-state index contributed by atoms with van der Waals surface area (Å²) in [6.07, 6.45) is 6.12. The Labute approximate surface area is 156 Å². The number of hydrogen-bond donors (Lipinski definition) is 1. The molecular formula is C23H28N2O. The molecule has 1 saturated heterocycles. The van der Waals surface area contributed by atoms with Crippen molar-refractivity contribution in [2.75, 3.05) is 19.7 Å². The molecule has 1 unspecified atom stereocenters. The van der Waals surface area contributed by atoms with Gasteiger partial charge in [-0.3, -0.25) is 4.90 Å². The van der Waals surface area contributed by atoms with E-state index in [-0.39, 0.29) is 0 Å². The molecule has 3 nitrogen and oxygen atoms in total. The Morgan fingerprint density at radius 2 is 1.88 bits per heavy atom. The first-order valence-corrected chi connectivity index (χ1v) is 10.1. The van der Waals surface area contributed by atoms with Crippen LogP contribution in [0.5, 0.6) is 5.75 Å². The normalized spacial score (nSPS) is 22.8. The van der Waals surface area contributed by atoms with Crippen molar-refractivity contribution in [3.05, 3.63) is 64.7 Å². The molecule has 0 bridgehead atoms. The predicted molar refractivity (Wildman–Crippen MR) is 105 cm³/mol. The van der Waals surface area contributed by atoms with Crippen molar-refractivity contribution in [3.63, 3.8) is 0 Å². The van der Waals surface area contributed by atoms with Crippen LogP contribution in [0.15, 0.2) is 42.5 Å². The third-order valence-corrected chi connectivity index (χ3v) is 6.35. The molecule has 1 N–H and O–H groups in total. The van der Waals surface area contributed by atoms with Gasteiger partial charge in [-0.2, -0.15) is 0 Å². The van der Waals surface area contributed by atoms with Gasteiger partial charge in [0.2, 0.25) is 0 Å². The Hall–Kier alpha value is -1.84. The van der Waals surface area contributed by atoms with Crippen molar-refractivity contribution in [2.24, 2.45) is 0 Å². The van der Waals surface area contributed by atoms with Gasteiger partial charge in [0.1, 0.15) is 5.75 Å². The first-order chi connectivity index (χ1) is 12.8. The highest BCUT2D eigenvalue weighted by atomic mass is 16.5. The molecule has 2 aromatic carbocycles. The molecule has 2 heterocycles. The first kappa shape index (κ1) is 16.3. The summed E-state index contributed by atoms with van der Waals surface area (Å²) >= 11 is 0. The summed E-state index contributed by atoms with van der Waals surface area (Å²) in [6, 6.07) is 17.0. The molecule has 136 valence electrons. The van der Waals surface area contributed by atoms with Crippen molar-refractivity contribution in [1.29, 1.82) is 0 Å². The van der Waals surface area contributed by atoms with Gasteiger partial charge in [-0.05, 0) is 60.5 Å². The average Bonchev–Trinajstić information content (AvgIpc) is 3.32. The van der Waals surface area contributed by atoms with Crippen molar-refractivity contribution in [2.45, 2.75) is 50.7 Å². The fraction of sp³-hybridized carbons (Fsp3) is 0.478. The van der Waals surface area contributed by atoms with E-state index in [0.717, 1.165) is 25.3 Å². The minimum absolute atomic E-state index is 0.608. The van der Waals surface area contributed by atoms with Crippen LogP contribution in [0.4, 0.5) is 0 Å². The maximum absolute atomic E-state index is 5.62. The Morgan fingerprint density at radius 3 is 2.73 bits per heavy atom. The second-order valence-corrected chi connectivity index (χ2v) is 8.09. The van der Waals surface area contributed by atoms with E-state index >= 15 is 0 Å². The van der Waals surface area contributed by atoms with Gasteiger partial charge < -0.3 is 10.1 Å². The molecule has 2 aromatic rings. The van der Waals surface area contributed by atoms with Crippen LogP contribution >= 0.6 is 0 Å². The number of likely N-dealkylation sites (tertiary alicyclic amines) is 1. The average molecular weight is 348 g/mol. The Bertz CT molecular complexity index is 763. The Kier molecular flexibility index (Phi) is 4.43. The molecule has 0 aromatic heterocycles. The fourth-order valence-corrected chi connectivity index (χ4v) is 4.91. The Morgan fingerprint density at radius 1 is 1.04 bits per heavy atom. The lowest BCUT2D eigenvalue weighted by atomic mass is 10.0. The summed E-state index contributed by atoms with van der Waals surface area (Å²) in [5, 5.41) is 3.82. The van der Waals surface area contributed by atoms with Crippen LogP contribution in [-0.2, 0) is 25.8 Å². The molecule has 3 aliphatic rings. The van der Waals surface area contributed by atoms with Crippen LogP contribution in [0.1, 0.15) is 35.1 Å². The zero-order valence-corrected chi connectivity index (χ0v) is 15.4. The minimum atomic E-state index is 0.608. The molecule has 1 fully saturated rings. The highest BCUT2D eigenvalue weighted by Gasteiger charge is 2.30. The monoisotopic (exact) mass is 348 g/mol. The van der Waals surface area contributed by atoms with E-state index in [2.05, 4.69) is 52.7 Å². The molecule has 5 rings (SSSR count). The number of ether oxygens (including phenoxy) is 1. The van der Waals surface area contributed by atoms with E-state index in [1.165, 1.54) is 49.9 Å². The lowest BCUT2D eigenvalue weighted by molar-refractivity contribution is 0.140. The van der Waals surface area contributed by atoms with Gasteiger partial charge in [0, 0.05) is 31.6 Å². The highest BCUT2D eigenvalue weighted by molar-refractivity contribution is 5.39. The van der Waals surface area contributed by atoms with Crippen LogP contribution in [0.25, 0.3) is 0 Å². The maximum Gasteiger partial charge on any atom is 0.122 e. The number of nitrogens with one attached hydrogen (secondary N) is 1.